The van der Waals surface area contributed by atoms with Crippen molar-refractivity contribution >= 4 is 29.0 Å². The number of hydrogen-bond donors (Lipinski definition) is 1. The van der Waals surface area contributed by atoms with E-state index in [2.05, 4.69) is 5.32 Å². The summed E-state index contributed by atoms with van der Waals surface area (Å²) in [6.45, 7) is 0. The molecule has 0 spiro atoms. The topological polar surface area (TPSA) is 81.5 Å². The fraction of sp³-hybridized carbons (Fsp3) is 0.0500. The summed E-state index contributed by atoms with van der Waals surface area (Å²) >= 11 is 1.37. The van der Waals surface area contributed by atoms with Crippen LogP contribution in [0.3, 0.4) is 0 Å². The van der Waals surface area contributed by atoms with E-state index in [0.717, 1.165) is 9.79 Å². The summed E-state index contributed by atoms with van der Waals surface area (Å²) in [5.41, 5.74) is 0.740. The SMILES string of the molecule is COc1ccc(NC(=O)c2cccc(Sc3ccc([N+](=O)[O-])cc3)c2)cc1F. The van der Waals surface area contributed by atoms with Gasteiger partial charge in [-0.05, 0) is 42.5 Å². The number of methoxy groups -OCH3 is 1. The van der Waals surface area contributed by atoms with E-state index in [1.807, 2.05) is 6.07 Å². The van der Waals surface area contributed by atoms with Gasteiger partial charge in [0.1, 0.15) is 0 Å². The Balaban J connectivity index is 1.72. The Bertz CT molecular complexity index is 1020. The Morgan fingerprint density at radius 3 is 2.46 bits per heavy atom. The second kappa shape index (κ2) is 8.53. The fourth-order valence-corrected chi connectivity index (χ4v) is 3.30. The summed E-state index contributed by atoms with van der Waals surface area (Å²) in [7, 11) is 1.37. The van der Waals surface area contributed by atoms with E-state index in [1.54, 1.807) is 36.4 Å². The van der Waals surface area contributed by atoms with Crippen LogP contribution in [0.2, 0.25) is 0 Å². The molecule has 0 saturated heterocycles. The van der Waals surface area contributed by atoms with Gasteiger partial charge in [-0.3, -0.25) is 14.9 Å². The van der Waals surface area contributed by atoms with Crippen LogP contribution in [-0.4, -0.2) is 17.9 Å². The highest BCUT2D eigenvalue weighted by atomic mass is 32.2. The monoisotopic (exact) mass is 398 g/mol. The van der Waals surface area contributed by atoms with Crippen molar-refractivity contribution in [2.24, 2.45) is 0 Å². The van der Waals surface area contributed by atoms with Crippen molar-refractivity contribution in [3.63, 3.8) is 0 Å². The molecule has 0 aliphatic heterocycles. The summed E-state index contributed by atoms with van der Waals surface area (Å²) in [6.07, 6.45) is 0. The molecule has 0 unspecified atom stereocenters. The molecule has 0 radical (unpaired) electrons. The molecule has 0 saturated carbocycles. The van der Waals surface area contributed by atoms with E-state index < -0.39 is 10.7 Å². The molecule has 0 aliphatic carbocycles. The number of rotatable bonds is 6. The van der Waals surface area contributed by atoms with Crippen LogP contribution in [0.1, 0.15) is 10.4 Å². The second-order valence-corrected chi connectivity index (χ2v) is 6.83. The second-order valence-electron chi connectivity index (χ2n) is 5.68. The standard InChI is InChI=1S/C20H15FN2O4S/c1-27-19-10-5-14(12-18(19)21)22-20(24)13-3-2-4-17(11-13)28-16-8-6-15(7-9-16)23(25)26/h2-12H,1H3,(H,22,24). The zero-order chi connectivity index (χ0) is 20.1. The Hall–Kier alpha value is -3.39. The van der Waals surface area contributed by atoms with Gasteiger partial charge < -0.3 is 10.1 Å². The smallest absolute Gasteiger partial charge is 0.269 e. The normalized spacial score (nSPS) is 10.4. The highest BCUT2D eigenvalue weighted by Crippen LogP contribution is 2.30. The van der Waals surface area contributed by atoms with E-state index >= 15 is 0 Å². The van der Waals surface area contributed by atoms with Crippen molar-refractivity contribution in [3.8, 4) is 5.75 Å². The molecule has 0 bridgehead atoms. The summed E-state index contributed by atoms with van der Waals surface area (Å²) in [5.74, 6) is -0.849. The van der Waals surface area contributed by atoms with Gasteiger partial charge in [0, 0.05) is 39.2 Å². The molecule has 0 aliphatic rings. The van der Waals surface area contributed by atoms with Crippen molar-refractivity contribution in [2.45, 2.75) is 9.79 Å². The lowest BCUT2D eigenvalue weighted by Gasteiger charge is -2.08. The number of non-ortho nitro benzene ring substituents is 1. The number of nitro benzene ring substituents is 1. The van der Waals surface area contributed by atoms with Crippen LogP contribution in [0.5, 0.6) is 5.75 Å². The molecule has 0 aromatic heterocycles. The van der Waals surface area contributed by atoms with Gasteiger partial charge in [-0.2, -0.15) is 0 Å². The van der Waals surface area contributed by atoms with Crippen molar-refractivity contribution in [2.75, 3.05) is 12.4 Å². The van der Waals surface area contributed by atoms with Gasteiger partial charge in [-0.15, -0.1) is 0 Å². The van der Waals surface area contributed by atoms with Crippen LogP contribution in [-0.2, 0) is 0 Å². The number of nitrogens with zero attached hydrogens (tertiary/aromatic N) is 1. The minimum Gasteiger partial charge on any atom is -0.494 e. The molecule has 0 fully saturated rings. The van der Waals surface area contributed by atoms with Crippen LogP contribution in [0, 0.1) is 15.9 Å². The highest BCUT2D eigenvalue weighted by Gasteiger charge is 2.10. The van der Waals surface area contributed by atoms with Gasteiger partial charge in [0.15, 0.2) is 11.6 Å². The molecule has 3 aromatic carbocycles. The molecule has 1 amide bonds. The van der Waals surface area contributed by atoms with Crippen LogP contribution in [0.25, 0.3) is 0 Å². The molecule has 3 rings (SSSR count). The summed E-state index contributed by atoms with van der Waals surface area (Å²) in [5, 5.41) is 13.4. The molecular formula is C20H15FN2O4S. The molecule has 8 heteroatoms. The number of amides is 1. The first-order valence-corrected chi connectivity index (χ1v) is 8.95. The average molecular weight is 398 g/mol. The van der Waals surface area contributed by atoms with Crippen molar-refractivity contribution in [1.29, 1.82) is 0 Å². The molecule has 0 heterocycles. The molecule has 28 heavy (non-hydrogen) atoms. The Morgan fingerprint density at radius 1 is 1.07 bits per heavy atom. The maximum atomic E-state index is 13.8. The number of carbonyl (C=O) groups excluding carboxylic acids is 1. The van der Waals surface area contributed by atoms with Crippen LogP contribution in [0.4, 0.5) is 15.8 Å². The number of hydrogen-bond acceptors (Lipinski definition) is 5. The minimum atomic E-state index is -0.567. The number of nitrogens with one attached hydrogen (secondary N) is 1. The third-order valence-corrected chi connectivity index (χ3v) is 4.79. The lowest BCUT2D eigenvalue weighted by molar-refractivity contribution is -0.384. The largest absolute Gasteiger partial charge is 0.494 e. The number of nitro groups is 1. The lowest BCUT2D eigenvalue weighted by Crippen LogP contribution is -2.12. The minimum absolute atomic E-state index is 0.0178. The quantitative estimate of drug-likeness (QED) is 0.459. The maximum Gasteiger partial charge on any atom is 0.269 e. The summed E-state index contributed by atoms with van der Waals surface area (Å²) in [6, 6.07) is 17.2. The van der Waals surface area contributed by atoms with Gasteiger partial charge in [0.25, 0.3) is 11.6 Å². The molecule has 142 valence electrons. The van der Waals surface area contributed by atoms with Crippen LogP contribution in [0.15, 0.2) is 76.5 Å². The first kappa shape index (κ1) is 19.4. The van der Waals surface area contributed by atoms with Gasteiger partial charge in [-0.1, -0.05) is 17.8 Å². The zero-order valence-electron chi connectivity index (χ0n) is 14.7. The van der Waals surface area contributed by atoms with Gasteiger partial charge in [0.2, 0.25) is 0 Å². The Kier molecular flexibility index (Phi) is 5.90. The van der Waals surface area contributed by atoms with E-state index in [-0.39, 0.29) is 17.3 Å². The van der Waals surface area contributed by atoms with Crippen molar-refractivity contribution < 1.29 is 18.8 Å². The van der Waals surface area contributed by atoms with E-state index in [4.69, 9.17) is 4.74 Å². The van der Waals surface area contributed by atoms with Crippen LogP contribution < -0.4 is 10.1 Å². The third-order valence-electron chi connectivity index (χ3n) is 3.79. The first-order chi connectivity index (χ1) is 13.5. The molecule has 3 aromatic rings. The highest BCUT2D eigenvalue weighted by molar-refractivity contribution is 7.99. The van der Waals surface area contributed by atoms with E-state index in [0.29, 0.717) is 11.3 Å². The van der Waals surface area contributed by atoms with Gasteiger partial charge >= 0.3 is 0 Å². The number of carbonyl (C=O) groups is 1. The zero-order valence-corrected chi connectivity index (χ0v) is 15.5. The summed E-state index contributed by atoms with van der Waals surface area (Å²) in [4.78, 5) is 24.3. The maximum absolute atomic E-state index is 13.8. The fourth-order valence-electron chi connectivity index (χ4n) is 2.42. The Morgan fingerprint density at radius 2 is 1.82 bits per heavy atom. The average Bonchev–Trinajstić information content (AvgIpc) is 2.69. The van der Waals surface area contributed by atoms with Gasteiger partial charge in [-0.25, -0.2) is 4.39 Å². The lowest BCUT2D eigenvalue weighted by atomic mass is 10.2. The molecule has 0 atom stereocenters. The number of benzene rings is 3. The molecule has 1 N–H and O–H groups in total. The molecular weight excluding hydrogens is 383 g/mol. The Labute approximate surface area is 164 Å². The first-order valence-electron chi connectivity index (χ1n) is 8.13. The number of anilines is 1. The van der Waals surface area contributed by atoms with Crippen LogP contribution >= 0.6 is 11.8 Å². The third kappa shape index (κ3) is 4.66. The van der Waals surface area contributed by atoms with Crippen molar-refractivity contribution in [1.82, 2.24) is 0 Å². The number of halogens is 1. The van der Waals surface area contributed by atoms with Gasteiger partial charge in [0.05, 0.1) is 12.0 Å². The number of ether oxygens (including phenoxy) is 1. The van der Waals surface area contributed by atoms with E-state index in [1.165, 1.54) is 43.1 Å². The van der Waals surface area contributed by atoms with E-state index in [9.17, 15) is 19.3 Å². The molecule has 6 nitrogen and oxygen atoms in total. The predicted molar refractivity (Wildman–Crippen MR) is 105 cm³/mol. The van der Waals surface area contributed by atoms with Crippen molar-refractivity contribution in [3.05, 3.63) is 88.2 Å². The predicted octanol–water partition coefficient (Wildman–Crippen LogP) is 5.15. The summed E-state index contributed by atoms with van der Waals surface area (Å²) < 4.78 is 18.6.